The van der Waals surface area contributed by atoms with E-state index in [9.17, 15) is 0 Å². The van der Waals surface area contributed by atoms with Gasteiger partial charge in [0.2, 0.25) is 0 Å². The van der Waals surface area contributed by atoms with Gasteiger partial charge in [-0.3, -0.25) is 15.0 Å². The first-order valence-corrected chi connectivity index (χ1v) is 22.2. The number of hydrogen-bond acceptors (Lipinski definition) is 5. The second-order valence-electron chi connectivity index (χ2n) is 18.3. The smallest absolute Gasteiger partial charge is 0.139 e. The maximum absolute atomic E-state index is 6.92. The summed E-state index contributed by atoms with van der Waals surface area (Å²) < 4.78 is 15.5. The number of nitrogens with zero attached hydrogens (tertiary/aromatic N) is 4. The summed E-state index contributed by atoms with van der Waals surface area (Å²) >= 11 is 0. The molecule has 0 aliphatic rings. The van der Waals surface area contributed by atoms with Crippen LogP contribution in [0.5, 0.6) is 0 Å². The van der Waals surface area contributed by atoms with Gasteiger partial charge in [0, 0.05) is 53.9 Å². The summed E-state index contributed by atoms with van der Waals surface area (Å²) in [5.41, 5.74) is 15.6. The van der Waals surface area contributed by atoms with Gasteiger partial charge in [-0.25, -0.2) is 0 Å². The molecule has 325 valence electrons. The molecule has 0 aliphatic carbocycles. The van der Waals surface area contributed by atoms with Crippen LogP contribution >= 0.6 is 0 Å². The van der Waals surface area contributed by atoms with Crippen LogP contribution < -0.4 is 0 Å². The summed E-state index contributed by atoms with van der Waals surface area (Å²) in [6, 6.07) is 54.8. The fraction of sp³-hybridized carbons (Fsp3) is 0.190. The van der Waals surface area contributed by atoms with E-state index in [0.717, 1.165) is 83.4 Å². The quantitative estimate of drug-likeness (QED) is 0.155. The number of hydrogen-bond donors (Lipinski definition) is 0. The van der Waals surface area contributed by atoms with Crippen molar-refractivity contribution in [2.45, 2.75) is 72.6 Å². The Hall–Kier alpha value is -6.66. The number of para-hydroxylation sites is 1. The molecule has 0 fully saturated rings. The molecule has 0 saturated carbocycles. The Morgan fingerprint density at radius 3 is 2.06 bits per heavy atom. The Morgan fingerprint density at radius 2 is 1.34 bits per heavy atom. The molecule has 0 saturated heterocycles. The third kappa shape index (κ3) is 7.98. The van der Waals surface area contributed by atoms with E-state index in [1.54, 1.807) is 0 Å². The Kier molecular flexibility index (Phi) is 11.7. The second kappa shape index (κ2) is 17.4. The maximum atomic E-state index is 6.92. The predicted molar refractivity (Wildman–Crippen MR) is 263 cm³/mol. The van der Waals surface area contributed by atoms with E-state index in [4.69, 9.17) is 13.8 Å². The zero-order chi connectivity index (χ0) is 44.3. The van der Waals surface area contributed by atoms with Gasteiger partial charge in [-0.15, -0.1) is 54.1 Å². The van der Waals surface area contributed by atoms with Crippen molar-refractivity contribution in [3.8, 4) is 39.6 Å². The van der Waals surface area contributed by atoms with Crippen molar-refractivity contribution in [1.82, 2.24) is 19.5 Å². The Labute approximate surface area is 393 Å². The van der Waals surface area contributed by atoms with E-state index in [1.807, 2.05) is 60.8 Å². The minimum atomic E-state index is 0. The molecule has 7 aromatic carbocycles. The fourth-order valence-corrected chi connectivity index (χ4v) is 8.81. The summed E-state index contributed by atoms with van der Waals surface area (Å²) in [7, 11) is 0. The normalized spacial score (nSPS) is 11.8. The number of benzene rings is 7. The molecule has 11 rings (SSSR count). The van der Waals surface area contributed by atoms with Crippen LogP contribution in [0, 0.1) is 19.1 Å². The third-order valence-corrected chi connectivity index (χ3v) is 12.1. The molecule has 4 aromatic heterocycles. The van der Waals surface area contributed by atoms with Crippen molar-refractivity contribution in [2.24, 2.45) is 0 Å². The van der Waals surface area contributed by atoms with Crippen molar-refractivity contribution >= 4 is 54.9 Å². The standard InChI is InChI=1S/C44H35N2O2.C14H15N2.Ir/c1-25(2)34-23-29(28-12-7-6-8-13-28)24-35(26(3)4)41(34)46-37-22-27(5)18-20-36(37)45-44(46)33-16-11-15-30-31-19-21-39-40(43(31)48-42(30)33)32-14-9-10-17-38(32)47-39;1-14(2,3)12-9-10-15-13(16-12)11-7-5-4-6-8-11;/h6-15,17-26H,1-5H3;4-7,9-10H,1-3H3;/q2*-1;. The first kappa shape index (κ1) is 43.6. The van der Waals surface area contributed by atoms with Crippen LogP contribution in [-0.2, 0) is 25.5 Å². The van der Waals surface area contributed by atoms with Crippen molar-refractivity contribution in [3.63, 3.8) is 0 Å². The predicted octanol–water partition coefficient (Wildman–Crippen LogP) is 15.8. The molecule has 0 N–H and O–H groups in total. The van der Waals surface area contributed by atoms with Crippen LogP contribution in [0.15, 0.2) is 155 Å². The summed E-state index contributed by atoms with van der Waals surface area (Å²) in [6.45, 7) is 17.7. The number of fused-ring (bicyclic) bond motifs is 8. The topological polar surface area (TPSA) is 69.9 Å². The average molecular weight is 1030 g/mol. The Bertz CT molecular complexity index is 3470. The van der Waals surface area contributed by atoms with Crippen LogP contribution in [0.2, 0.25) is 0 Å². The monoisotopic (exact) mass is 1030 g/mol. The van der Waals surface area contributed by atoms with Gasteiger partial charge in [0.15, 0.2) is 0 Å². The van der Waals surface area contributed by atoms with Crippen molar-refractivity contribution in [3.05, 3.63) is 180 Å². The van der Waals surface area contributed by atoms with E-state index in [2.05, 4.69) is 167 Å². The summed E-state index contributed by atoms with van der Waals surface area (Å²) in [5.74, 6) is 2.10. The van der Waals surface area contributed by atoms with Crippen LogP contribution in [0.1, 0.15) is 82.7 Å². The number of imidazole rings is 1. The SMILES string of the molecule is CC(C)(C)c1ccnc(-c2[c-]cccc2)n1.Cc1ccc2nc(-c3[c-]ccc4c3oc3c4ccc4oc5ccccc5c43)n(-c3c(C(C)C)cc(-c4ccccc4)cc3C(C)C)c2c1.[Ir]. The molecule has 0 amide bonds. The number of furan rings is 2. The van der Waals surface area contributed by atoms with Crippen molar-refractivity contribution in [1.29, 1.82) is 0 Å². The van der Waals surface area contributed by atoms with Gasteiger partial charge >= 0.3 is 0 Å². The van der Waals surface area contributed by atoms with E-state index in [1.165, 1.54) is 33.5 Å². The zero-order valence-corrected chi connectivity index (χ0v) is 40.3. The van der Waals surface area contributed by atoms with Crippen LogP contribution in [0.3, 0.4) is 0 Å². The molecule has 11 aromatic rings. The van der Waals surface area contributed by atoms with E-state index >= 15 is 0 Å². The van der Waals surface area contributed by atoms with Gasteiger partial charge in [0.1, 0.15) is 16.7 Å². The first-order valence-electron chi connectivity index (χ1n) is 22.2. The number of aromatic nitrogens is 4. The molecule has 65 heavy (non-hydrogen) atoms. The molecule has 4 heterocycles. The molecular weight excluding hydrogens is 977 g/mol. The first-order chi connectivity index (χ1) is 30.9. The van der Waals surface area contributed by atoms with Crippen LogP contribution in [0.4, 0.5) is 0 Å². The molecular formula is C58H50IrN4O2-2. The summed E-state index contributed by atoms with van der Waals surface area (Å²) in [5, 5.41) is 4.13. The minimum absolute atomic E-state index is 0. The van der Waals surface area contributed by atoms with Gasteiger partial charge in [-0.05, 0) is 95.1 Å². The van der Waals surface area contributed by atoms with Gasteiger partial charge in [-0.2, -0.15) is 0 Å². The van der Waals surface area contributed by atoms with Crippen LogP contribution in [0.25, 0.3) is 94.5 Å². The molecule has 7 heteroatoms. The fourth-order valence-electron chi connectivity index (χ4n) is 8.81. The maximum Gasteiger partial charge on any atom is 0.139 e. The molecule has 0 bridgehead atoms. The van der Waals surface area contributed by atoms with E-state index in [0.29, 0.717) is 0 Å². The number of aryl methyl sites for hydroxylation is 1. The van der Waals surface area contributed by atoms with Gasteiger partial charge in [0.25, 0.3) is 0 Å². The largest absolute Gasteiger partial charge is 0.500 e. The van der Waals surface area contributed by atoms with Gasteiger partial charge < -0.3 is 13.4 Å². The van der Waals surface area contributed by atoms with Gasteiger partial charge in [-0.1, -0.05) is 114 Å². The van der Waals surface area contributed by atoms with Crippen molar-refractivity contribution in [2.75, 3.05) is 0 Å². The average Bonchev–Trinajstić information content (AvgIpc) is 4.00. The minimum Gasteiger partial charge on any atom is -0.500 e. The van der Waals surface area contributed by atoms with E-state index in [-0.39, 0.29) is 37.4 Å². The number of rotatable bonds is 6. The molecule has 0 atom stereocenters. The molecule has 0 aliphatic heterocycles. The summed E-state index contributed by atoms with van der Waals surface area (Å²) in [4.78, 5) is 14.2. The zero-order valence-electron chi connectivity index (χ0n) is 37.9. The Balaban J connectivity index is 0.000000266. The van der Waals surface area contributed by atoms with Gasteiger partial charge in [0.05, 0.1) is 33.7 Å². The molecule has 0 spiro atoms. The molecule has 1 radical (unpaired) electrons. The molecule has 6 nitrogen and oxygen atoms in total. The van der Waals surface area contributed by atoms with Crippen LogP contribution in [-0.4, -0.2) is 19.5 Å². The third-order valence-electron chi connectivity index (χ3n) is 12.1. The van der Waals surface area contributed by atoms with E-state index < -0.39 is 0 Å². The molecule has 0 unspecified atom stereocenters. The van der Waals surface area contributed by atoms with Crippen molar-refractivity contribution < 1.29 is 28.9 Å². The Morgan fingerprint density at radius 1 is 0.615 bits per heavy atom. The second-order valence-corrected chi connectivity index (χ2v) is 18.3. The summed E-state index contributed by atoms with van der Waals surface area (Å²) in [6.07, 6.45) is 1.81.